The third kappa shape index (κ3) is 4.56. The van der Waals surface area contributed by atoms with E-state index in [-0.39, 0.29) is 6.10 Å². The van der Waals surface area contributed by atoms with Crippen LogP contribution in [0.15, 0.2) is 36.7 Å². The molecule has 1 unspecified atom stereocenters. The average molecular weight is 315 g/mol. The summed E-state index contributed by atoms with van der Waals surface area (Å²) in [7, 11) is 4.01. The highest BCUT2D eigenvalue weighted by Crippen LogP contribution is 2.32. The number of aryl methyl sites for hydroxylation is 1. The number of likely N-dealkylation sites (N-methyl/N-ethyl adjacent to an activating group) is 1. The molecular weight excluding hydrogens is 290 g/mol. The predicted octanol–water partition coefficient (Wildman–Crippen LogP) is 2.20. The molecule has 0 spiro atoms. The second kappa shape index (κ2) is 7.15. The van der Waals surface area contributed by atoms with E-state index in [1.54, 1.807) is 6.20 Å². The van der Waals surface area contributed by atoms with Gasteiger partial charge in [-0.2, -0.15) is 0 Å². The Morgan fingerprint density at radius 1 is 1.35 bits per heavy atom. The van der Waals surface area contributed by atoms with Crippen LogP contribution < -0.4 is 4.74 Å². The molecule has 5 nitrogen and oxygen atoms in total. The Labute approximate surface area is 137 Å². The Balaban J connectivity index is 1.47. The minimum Gasteiger partial charge on any atom is -0.486 e. The number of ether oxygens (including phenoxy) is 1. The highest BCUT2D eigenvalue weighted by molar-refractivity contribution is 5.27. The summed E-state index contributed by atoms with van der Waals surface area (Å²) in [6.45, 7) is 2.04. The SMILES string of the molecule is CN(Cc1ccc(OCc2nccn2C)cc1)CC(O)C1CC1. The van der Waals surface area contributed by atoms with Crippen LogP contribution in [-0.2, 0) is 20.2 Å². The van der Waals surface area contributed by atoms with Gasteiger partial charge < -0.3 is 14.4 Å². The molecule has 124 valence electrons. The fourth-order valence-electron chi connectivity index (χ4n) is 2.70. The quantitative estimate of drug-likeness (QED) is 0.811. The lowest BCUT2D eigenvalue weighted by Crippen LogP contribution is -2.30. The van der Waals surface area contributed by atoms with Crippen molar-refractivity contribution in [1.29, 1.82) is 0 Å². The van der Waals surface area contributed by atoms with Gasteiger partial charge in [0.2, 0.25) is 0 Å². The number of aromatic nitrogens is 2. The third-order valence-electron chi connectivity index (χ3n) is 4.33. The van der Waals surface area contributed by atoms with Crippen LogP contribution in [0.1, 0.15) is 24.2 Å². The molecule has 2 aromatic rings. The lowest BCUT2D eigenvalue weighted by Gasteiger charge is -2.20. The van der Waals surface area contributed by atoms with Crippen LogP contribution >= 0.6 is 0 Å². The molecule has 0 radical (unpaired) electrons. The van der Waals surface area contributed by atoms with Gasteiger partial charge in [0.05, 0.1) is 6.10 Å². The van der Waals surface area contributed by atoms with E-state index >= 15 is 0 Å². The first-order valence-corrected chi connectivity index (χ1v) is 8.16. The van der Waals surface area contributed by atoms with Crippen molar-refractivity contribution in [3.8, 4) is 5.75 Å². The van der Waals surface area contributed by atoms with Crippen LogP contribution in [-0.4, -0.2) is 39.3 Å². The molecule has 1 saturated carbocycles. The molecule has 0 aliphatic heterocycles. The van der Waals surface area contributed by atoms with Gasteiger partial charge in [-0.25, -0.2) is 4.98 Å². The van der Waals surface area contributed by atoms with Gasteiger partial charge in [-0.1, -0.05) is 12.1 Å². The Bertz CT molecular complexity index is 619. The van der Waals surface area contributed by atoms with Gasteiger partial charge in [0, 0.05) is 32.5 Å². The van der Waals surface area contributed by atoms with E-state index in [0.717, 1.165) is 24.7 Å². The first-order chi connectivity index (χ1) is 11.1. The molecule has 1 aliphatic rings. The zero-order valence-corrected chi connectivity index (χ0v) is 13.9. The maximum atomic E-state index is 9.99. The van der Waals surface area contributed by atoms with Crippen LogP contribution in [0.5, 0.6) is 5.75 Å². The number of imidazole rings is 1. The second-order valence-corrected chi connectivity index (χ2v) is 6.49. The summed E-state index contributed by atoms with van der Waals surface area (Å²) in [4.78, 5) is 6.42. The molecule has 0 bridgehead atoms. The predicted molar refractivity (Wildman–Crippen MR) is 89.0 cm³/mol. The summed E-state index contributed by atoms with van der Waals surface area (Å²) in [5.41, 5.74) is 1.22. The molecule has 3 rings (SSSR count). The number of rotatable bonds is 8. The summed E-state index contributed by atoms with van der Waals surface area (Å²) in [5, 5.41) is 9.99. The highest BCUT2D eigenvalue weighted by atomic mass is 16.5. The summed E-state index contributed by atoms with van der Waals surface area (Å²) >= 11 is 0. The van der Waals surface area contributed by atoms with Crippen molar-refractivity contribution in [3.63, 3.8) is 0 Å². The zero-order valence-electron chi connectivity index (χ0n) is 13.9. The maximum absolute atomic E-state index is 9.99. The molecule has 0 amide bonds. The molecule has 1 N–H and O–H groups in total. The second-order valence-electron chi connectivity index (χ2n) is 6.49. The molecule has 1 aliphatic carbocycles. The smallest absolute Gasteiger partial charge is 0.146 e. The van der Waals surface area contributed by atoms with Crippen LogP contribution in [0.25, 0.3) is 0 Å². The highest BCUT2D eigenvalue weighted by Gasteiger charge is 2.30. The van der Waals surface area contributed by atoms with Crippen molar-refractivity contribution in [2.75, 3.05) is 13.6 Å². The van der Waals surface area contributed by atoms with Gasteiger partial charge in [0.1, 0.15) is 18.2 Å². The largest absolute Gasteiger partial charge is 0.486 e. The fraction of sp³-hybridized carbons (Fsp3) is 0.500. The van der Waals surface area contributed by atoms with Crippen molar-refractivity contribution in [3.05, 3.63) is 48.0 Å². The van der Waals surface area contributed by atoms with Gasteiger partial charge >= 0.3 is 0 Å². The van der Waals surface area contributed by atoms with Gasteiger partial charge in [-0.15, -0.1) is 0 Å². The van der Waals surface area contributed by atoms with E-state index in [0.29, 0.717) is 12.5 Å². The van der Waals surface area contributed by atoms with Crippen LogP contribution in [0.4, 0.5) is 0 Å². The minimum atomic E-state index is -0.180. The summed E-state index contributed by atoms with van der Waals surface area (Å²) < 4.78 is 7.71. The van der Waals surface area contributed by atoms with Gasteiger partial charge in [-0.05, 0) is 43.5 Å². The number of hydrogen-bond donors (Lipinski definition) is 1. The summed E-state index contributed by atoms with van der Waals surface area (Å²) in [6, 6.07) is 8.13. The van der Waals surface area contributed by atoms with E-state index < -0.39 is 0 Å². The molecule has 1 atom stereocenters. The Morgan fingerprint density at radius 3 is 2.70 bits per heavy atom. The topological polar surface area (TPSA) is 50.5 Å². The molecule has 23 heavy (non-hydrogen) atoms. The molecule has 1 heterocycles. The van der Waals surface area contributed by atoms with Crippen molar-refractivity contribution in [1.82, 2.24) is 14.5 Å². The van der Waals surface area contributed by atoms with Crippen molar-refractivity contribution in [2.45, 2.75) is 32.1 Å². The first kappa shape index (κ1) is 16.0. The van der Waals surface area contributed by atoms with Crippen molar-refractivity contribution >= 4 is 0 Å². The number of hydrogen-bond acceptors (Lipinski definition) is 4. The summed E-state index contributed by atoms with van der Waals surface area (Å²) in [5.74, 6) is 2.28. The van der Waals surface area contributed by atoms with Crippen LogP contribution in [0.2, 0.25) is 0 Å². The van der Waals surface area contributed by atoms with Crippen molar-refractivity contribution in [2.24, 2.45) is 13.0 Å². The zero-order chi connectivity index (χ0) is 16.2. The fourth-order valence-corrected chi connectivity index (χ4v) is 2.70. The Kier molecular flexibility index (Phi) is 4.98. The van der Waals surface area contributed by atoms with E-state index in [9.17, 15) is 5.11 Å². The Morgan fingerprint density at radius 2 is 2.09 bits per heavy atom. The van der Waals surface area contributed by atoms with Crippen molar-refractivity contribution < 1.29 is 9.84 Å². The lowest BCUT2D eigenvalue weighted by atomic mass is 10.2. The maximum Gasteiger partial charge on any atom is 0.146 e. The van der Waals surface area contributed by atoms with Crippen LogP contribution in [0, 0.1) is 5.92 Å². The number of nitrogens with zero attached hydrogens (tertiary/aromatic N) is 3. The first-order valence-electron chi connectivity index (χ1n) is 8.16. The van der Waals surface area contributed by atoms with E-state index in [1.807, 2.05) is 29.9 Å². The summed E-state index contributed by atoms with van der Waals surface area (Å²) in [6.07, 6.45) is 5.86. The Hall–Kier alpha value is -1.85. The molecule has 1 aromatic carbocycles. The lowest BCUT2D eigenvalue weighted by molar-refractivity contribution is 0.104. The van der Waals surface area contributed by atoms with E-state index in [2.05, 4.69) is 29.1 Å². The molecule has 0 saturated heterocycles. The molecule has 5 heteroatoms. The number of aliphatic hydroxyl groups excluding tert-OH is 1. The van der Waals surface area contributed by atoms with Gasteiger partial charge in [0.15, 0.2) is 0 Å². The molecular formula is C18H25N3O2. The normalized spacial score (nSPS) is 15.8. The monoisotopic (exact) mass is 315 g/mol. The molecule has 1 aromatic heterocycles. The minimum absolute atomic E-state index is 0.180. The van der Waals surface area contributed by atoms with E-state index in [1.165, 1.54) is 18.4 Å². The average Bonchev–Trinajstić information content (AvgIpc) is 3.30. The van der Waals surface area contributed by atoms with E-state index in [4.69, 9.17) is 4.74 Å². The third-order valence-corrected chi connectivity index (χ3v) is 4.33. The number of benzene rings is 1. The van der Waals surface area contributed by atoms with Gasteiger partial charge in [0.25, 0.3) is 0 Å². The number of aliphatic hydroxyl groups is 1. The molecule has 1 fully saturated rings. The van der Waals surface area contributed by atoms with Gasteiger partial charge in [-0.3, -0.25) is 4.90 Å². The van der Waals surface area contributed by atoms with Crippen LogP contribution in [0.3, 0.4) is 0 Å². The standard InChI is InChI=1S/C18H25N3O2/c1-20(12-17(22)15-5-6-15)11-14-3-7-16(8-4-14)23-13-18-19-9-10-21(18)2/h3-4,7-10,15,17,22H,5-6,11-13H2,1-2H3.